The predicted octanol–water partition coefficient (Wildman–Crippen LogP) is 2.85. The summed E-state index contributed by atoms with van der Waals surface area (Å²) in [7, 11) is 0. The Morgan fingerprint density at radius 1 is 1.21 bits per heavy atom. The maximum atomic E-state index is 11.2. The molecule has 0 aromatic carbocycles. The van der Waals surface area contributed by atoms with Gasteiger partial charge in [0.15, 0.2) is 0 Å². The lowest BCUT2D eigenvalue weighted by Crippen LogP contribution is -2.29. The number of rotatable bonds is 2. The standard InChI is InChI=1S/C11H21NO2/c1-2-12-11(13)14-10-8-6-4-3-5-7-9-10/h10H,2-9H2,1H3,(H,12,13). The molecule has 82 valence electrons. The van der Waals surface area contributed by atoms with Gasteiger partial charge < -0.3 is 10.1 Å². The average Bonchev–Trinajstić information content (AvgIpc) is 2.10. The molecular formula is C11H21NO2. The number of amides is 1. The van der Waals surface area contributed by atoms with Gasteiger partial charge in [-0.2, -0.15) is 0 Å². The second-order valence-corrected chi connectivity index (χ2v) is 3.90. The first-order chi connectivity index (χ1) is 6.83. The summed E-state index contributed by atoms with van der Waals surface area (Å²) in [5, 5.41) is 2.67. The van der Waals surface area contributed by atoms with Crippen molar-refractivity contribution in [2.24, 2.45) is 0 Å². The van der Waals surface area contributed by atoms with Crippen LogP contribution in [0.5, 0.6) is 0 Å². The molecule has 3 nitrogen and oxygen atoms in total. The lowest BCUT2D eigenvalue weighted by molar-refractivity contribution is 0.0821. The molecule has 3 heteroatoms. The number of carbonyl (C=O) groups is 1. The van der Waals surface area contributed by atoms with Crippen LogP contribution in [0, 0.1) is 0 Å². The third-order valence-corrected chi connectivity index (χ3v) is 2.65. The third kappa shape index (κ3) is 4.49. The van der Waals surface area contributed by atoms with E-state index in [-0.39, 0.29) is 12.2 Å². The molecular weight excluding hydrogens is 178 g/mol. The first kappa shape index (κ1) is 11.3. The van der Waals surface area contributed by atoms with E-state index in [0.717, 1.165) is 12.8 Å². The van der Waals surface area contributed by atoms with Gasteiger partial charge >= 0.3 is 6.09 Å². The van der Waals surface area contributed by atoms with Gasteiger partial charge in [0.2, 0.25) is 0 Å². The van der Waals surface area contributed by atoms with Crippen LogP contribution in [0.4, 0.5) is 4.79 Å². The van der Waals surface area contributed by atoms with E-state index in [1.54, 1.807) is 0 Å². The molecule has 0 heterocycles. The second kappa shape index (κ2) is 6.68. The Balaban J connectivity index is 2.22. The minimum Gasteiger partial charge on any atom is -0.446 e. The molecule has 1 fully saturated rings. The molecule has 0 saturated heterocycles. The Bertz CT molecular complexity index is 163. The van der Waals surface area contributed by atoms with Crippen LogP contribution in [0.2, 0.25) is 0 Å². The number of carbonyl (C=O) groups excluding carboxylic acids is 1. The molecule has 1 N–H and O–H groups in total. The molecule has 0 spiro atoms. The van der Waals surface area contributed by atoms with Gasteiger partial charge in [0, 0.05) is 6.54 Å². The Morgan fingerprint density at radius 2 is 1.79 bits per heavy atom. The van der Waals surface area contributed by atoms with E-state index in [2.05, 4.69) is 5.32 Å². The van der Waals surface area contributed by atoms with Crippen LogP contribution < -0.4 is 5.32 Å². The lowest BCUT2D eigenvalue weighted by atomic mass is 9.99. The lowest BCUT2D eigenvalue weighted by Gasteiger charge is -2.20. The van der Waals surface area contributed by atoms with Crippen molar-refractivity contribution < 1.29 is 9.53 Å². The zero-order chi connectivity index (χ0) is 10.2. The Kier molecular flexibility index (Phi) is 5.42. The SMILES string of the molecule is CCNC(=O)OC1CCCCCCC1. The summed E-state index contributed by atoms with van der Waals surface area (Å²) >= 11 is 0. The molecule has 14 heavy (non-hydrogen) atoms. The summed E-state index contributed by atoms with van der Waals surface area (Å²) < 4.78 is 5.32. The topological polar surface area (TPSA) is 38.3 Å². The third-order valence-electron chi connectivity index (χ3n) is 2.65. The van der Waals surface area contributed by atoms with E-state index in [1.807, 2.05) is 6.92 Å². The second-order valence-electron chi connectivity index (χ2n) is 3.90. The van der Waals surface area contributed by atoms with E-state index < -0.39 is 0 Å². The molecule has 0 atom stereocenters. The molecule has 0 radical (unpaired) electrons. The van der Waals surface area contributed by atoms with E-state index in [1.165, 1.54) is 32.1 Å². The Morgan fingerprint density at radius 3 is 2.36 bits per heavy atom. The van der Waals surface area contributed by atoms with Crippen molar-refractivity contribution in [2.45, 2.75) is 58.0 Å². The zero-order valence-corrected chi connectivity index (χ0v) is 9.05. The molecule has 0 aliphatic heterocycles. The van der Waals surface area contributed by atoms with Gasteiger partial charge in [-0.1, -0.05) is 19.3 Å². The number of nitrogens with one attached hydrogen (secondary N) is 1. The summed E-state index contributed by atoms with van der Waals surface area (Å²) in [6.45, 7) is 2.55. The quantitative estimate of drug-likeness (QED) is 0.742. The molecule has 0 aromatic rings. The van der Waals surface area contributed by atoms with Crippen LogP contribution in [-0.4, -0.2) is 18.7 Å². The van der Waals surface area contributed by atoms with Crippen molar-refractivity contribution in [3.8, 4) is 0 Å². The summed E-state index contributed by atoms with van der Waals surface area (Å²) in [5.74, 6) is 0. The smallest absolute Gasteiger partial charge is 0.407 e. The first-order valence-electron chi connectivity index (χ1n) is 5.77. The first-order valence-corrected chi connectivity index (χ1v) is 5.77. The maximum absolute atomic E-state index is 11.2. The normalized spacial score (nSPS) is 19.5. The maximum Gasteiger partial charge on any atom is 0.407 e. The van der Waals surface area contributed by atoms with Gasteiger partial charge in [-0.15, -0.1) is 0 Å². The minimum absolute atomic E-state index is 0.154. The minimum atomic E-state index is -0.252. The highest BCUT2D eigenvalue weighted by molar-refractivity contribution is 5.67. The fourth-order valence-electron chi connectivity index (χ4n) is 1.87. The van der Waals surface area contributed by atoms with Gasteiger partial charge in [0.05, 0.1) is 0 Å². The molecule has 1 aliphatic carbocycles. The predicted molar refractivity (Wildman–Crippen MR) is 56.3 cm³/mol. The van der Waals surface area contributed by atoms with Crippen molar-refractivity contribution in [1.29, 1.82) is 0 Å². The molecule has 1 rings (SSSR count). The van der Waals surface area contributed by atoms with Gasteiger partial charge in [-0.25, -0.2) is 4.79 Å². The highest BCUT2D eigenvalue weighted by Crippen LogP contribution is 2.19. The number of alkyl carbamates (subject to hydrolysis) is 1. The van der Waals surface area contributed by atoms with E-state index in [9.17, 15) is 4.79 Å². The molecule has 0 aromatic heterocycles. The highest BCUT2D eigenvalue weighted by Gasteiger charge is 2.14. The highest BCUT2D eigenvalue weighted by atomic mass is 16.6. The van der Waals surface area contributed by atoms with Crippen molar-refractivity contribution in [2.75, 3.05) is 6.54 Å². The summed E-state index contributed by atoms with van der Waals surface area (Å²) in [6, 6.07) is 0. The Labute approximate surface area is 86.2 Å². The van der Waals surface area contributed by atoms with Crippen molar-refractivity contribution in [3.05, 3.63) is 0 Å². The molecule has 1 aliphatic rings. The van der Waals surface area contributed by atoms with Crippen LogP contribution in [-0.2, 0) is 4.74 Å². The van der Waals surface area contributed by atoms with Crippen LogP contribution in [0.3, 0.4) is 0 Å². The van der Waals surface area contributed by atoms with E-state index in [4.69, 9.17) is 4.74 Å². The average molecular weight is 199 g/mol. The van der Waals surface area contributed by atoms with Crippen LogP contribution in [0.25, 0.3) is 0 Å². The van der Waals surface area contributed by atoms with Crippen molar-refractivity contribution >= 4 is 6.09 Å². The summed E-state index contributed by atoms with van der Waals surface area (Å²) in [5.41, 5.74) is 0. The van der Waals surface area contributed by atoms with Gasteiger partial charge in [-0.05, 0) is 32.6 Å². The van der Waals surface area contributed by atoms with Gasteiger partial charge in [0.1, 0.15) is 6.10 Å². The number of hydrogen-bond donors (Lipinski definition) is 1. The number of ether oxygens (including phenoxy) is 1. The largest absolute Gasteiger partial charge is 0.446 e. The van der Waals surface area contributed by atoms with Crippen LogP contribution in [0.1, 0.15) is 51.9 Å². The molecule has 1 saturated carbocycles. The van der Waals surface area contributed by atoms with E-state index in [0.29, 0.717) is 6.54 Å². The van der Waals surface area contributed by atoms with Crippen LogP contribution in [0.15, 0.2) is 0 Å². The molecule has 1 amide bonds. The van der Waals surface area contributed by atoms with Crippen molar-refractivity contribution in [1.82, 2.24) is 5.32 Å². The summed E-state index contributed by atoms with van der Waals surface area (Å²) in [4.78, 5) is 11.2. The fourth-order valence-corrected chi connectivity index (χ4v) is 1.87. The fraction of sp³-hybridized carbons (Fsp3) is 0.909. The van der Waals surface area contributed by atoms with Gasteiger partial charge in [-0.3, -0.25) is 0 Å². The van der Waals surface area contributed by atoms with Gasteiger partial charge in [0.25, 0.3) is 0 Å². The summed E-state index contributed by atoms with van der Waals surface area (Å²) in [6.07, 6.45) is 8.29. The van der Waals surface area contributed by atoms with E-state index >= 15 is 0 Å². The molecule has 0 bridgehead atoms. The van der Waals surface area contributed by atoms with Crippen molar-refractivity contribution in [3.63, 3.8) is 0 Å². The zero-order valence-electron chi connectivity index (χ0n) is 9.05. The monoisotopic (exact) mass is 199 g/mol. The number of hydrogen-bond acceptors (Lipinski definition) is 2. The molecule has 0 unspecified atom stereocenters. The Hall–Kier alpha value is -0.730. The van der Waals surface area contributed by atoms with Crippen LogP contribution >= 0.6 is 0 Å².